The minimum absolute atomic E-state index is 0.375. The fourth-order valence-corrected chi connectivity index (χ4v) is 0.675. The minimum atomic E-state index is -0.496. The van der Waals surface area contributed by atoms with Gasteiger partial charge in [-0.15, -0.1) is 13.2 Å². The van der Waals surface area contributed by atoms with E-state index in [1.54, 1.807) is 12.2 Å². The van der Waals surface area contributed by atoms with E-state index in [2.05, 4.69) is 13.2 Å². The molecule has 1 N–H and O–H groups in total. The fraction of sp³-hybridized carbons (Fsp3) is 0.250. The van der Waals surface area contributed by atoms with Crippen molar-refractivity contribution in [2.45, 2.75) is 0 Å². The Bertz CT molecular complexity index is 179. The summed E-state index contributed by atoms with van der Waals surface area (Å²) in [6.45, 7) is 7.69. The second-order valence-corrected chi connectivity index (χ2v) is 2.01. The number of hydrogen-bond acceptors (Lipinski definition) is 2. The van der Waals surface area contributed by atoms with Crippen molar-refractivity contribution in [2.24, 2.45) is 0 Å². The van der Waals surface area contributed by atoms with Crippen LogP contribution in [0.4, 0.5) is 4.79 Å². The van der Waals surface area contributed by atoms with Crippen molar-refractivity contribution < 1.29 is 9.59 Å². The van der Waals surface area contributed by atoms with E-state index in [0.29, 0.717) is 13.1 Å². The first-order valence-corrected chi connectivity index (χ1v) is 3.40. The monoisotopic (exact) mass is 167 g/mol. The summed E-state index contributed by atoms with van der Waals surface area (Å²) in [5.41, 5.74) is 0. The molecule has 0 bridgehead atoms. The third-order valence-corrected chi connectivity index (χ3v) is 1.14. The lowest BCUT2D eigenvalue weighted by molar-refractivity contribution is 0.213. The van der Waals surface area contributed by atoms with Gasteiger partial charge in [-0.3, -0.25) is 10.1 Å². The average Bonchev–Trinajstić information content (AvgIpc) is 2.04. The third kappa shape index (κ3) is 3.55. The van der Waals surface area contributed by atoms with Gasteiger partial charge in [0.2, 0.25) is 0 Å². The lowest BCUT2D eigenvalue weighted by Gasteiger charge is -2.17. The lowest BCUT2D eigenvalue weighted by Crippen LogP contribution is -2.39. The quantitative estimate of drug-likeness (QED) is 0.477. The van der Waals surface area contributed by atoms with Gasteiger partial charge in [-0.1, -0.05) is 12.2 Å². The molecule has 0 aromatic rings. The van der Waals surface area contributed by atoms with Gasteiger partial charge in [-0.2, -0.15) is 0 Å². The van der Waals surface area contributed by atoms with E-state index in [4.69, 9.17) is 0 Å². The Kier molecular flexibility index (Phi) is 5.34. The fourth-order valence-electron chi connectivity index (χ4n) is 0.675. The SMILES string of the molecule is C=CCN(CC=C)C(=O)N[C]=O. The van der Waals surface area contributed by atoms with E-state index in [0.717, 1.165) is 0 Å². The molecule has 0 heterocycles. The third-order valence-electron chi connectivity index (χ3n) is 1.14. The molecule has 0 aliphatic carbocycles. The molecule has 1 radical (unpaired) electrons. The molecule has 3 amide bonds. The summed E-state index contributed by atoms with van der Waals surface area (Å²) in [4.78, 5) is 22.1. The van der Waals surface area contributed by atoms with Crippen LogP contribution in [0.3, 0.4) is 0 Å². The Morgan fingerprint density at radius 1 is 1.42 bits per heavy atom. The minimum Gasteiger partial charge on any atom is -0.317 e. The first-order chi connectivity index (χ1) is 5.76. The van der Waals surface area contributed by atoms with Gasteiger partial charge in [0.1, 0.15) is 0 Å². The number of imide groups is 1. The molecule has 12 heavy (non-hydrogen) atoms. The molecule has 0 aromatic heterocycles. The molecule has 0 saturated heterocycles. The largest absolute Gasteiger partial charge is 0.325 e. The van der Waals surface area contributed by atoms with Gasteiger partial charge in [0.05, 0.1) is 0 Å². The number of carbonyl (C=O) groups is 1. The van der Waals surface area contributed by atoms with Crippen LogP contribution in [0.25, 0.3) is 0 Å². The zero-order valence-corrected chi connectivity index (χ0v) is 6.75. The van der Waals surface area contributed by atoms with Crippen LogP contribution in [0, 0.1) is 0 Å². The Balaban J connectivity index is 4.06. The smallest absolute Gasteiger partial charge is 0.317 e. The maximum Gasteiger partial charge on any atom is 0.325 e. The molecular formula is C8H11N2O2. The van der Waals surface area contributed by atoms with Crippen LogP contribution < -0.4 is 5.32 Å². The van der Waals surface area contributed by atoms with E-state index in [-0.39, 0.29) is 0 Å². The molecule has 65 valence electrons. The molecule has 0 aromatic carbocycles. The lowest BCUT2D eigenvalue weighted by atomic mass is 10.5. The molecule has 0 saturated carbocycles. The molecule has 0 rings (SSSR count). The van der Waals surface area contributed by atoms with Crippen molar-refractivity contribution in [3.05, 3.63) is 25.3 Å². The summed E-state index contributed by atoms with van der Waals surface area (Å²) in [7, 11) is 0. The number of amides is 3. The standard InChI is InChI=1S/C8H11N2O2/c1-3-5-10(6-4-2)8(12)9-7-11/h3-4H,1-2,5-6H2,(H,9,11,12). The first-order valence-electron chi connectivity index (χ1n) is 3.40. The maximum absolute atomic E-state index is 11.0. The highest BCUT2D eigenvalue weighted by atomic mass is 16.2. The highest BCUT2D eigenvalue weighted by Crippen LogP contribution is 1.89. The zero-order chi connectivity index (χ0) is 9.40. The molecule has 0 fully saturated rings. The Labute approximate surface area is 71.5 Å². The van der Waals surface area contributed by atoms with E-state index in [9.17, 15) is 9.59 Å². The highest BCUT2D eigenvalue weighted by molar-refractivity contribution is 5.84. The second kappa shape index (κ2) is 6.15. The van der Waals surface area contributed by atoms with Gasteiger partial charge in [0, 0.05) is 13.1 Å². The summed E-state index contributed by atoms with van der Waals surface area (Å²) < 4.78 is 0. The molecule has 0 aliphatic rings. The number of hydrogen-bond donors (Lipinski definition) is 1. The van der Waals surface area contributed by atoms with Crippen LogP contribution in [0.2, 0.25) is 0 Å². The van der Waals surface area contributed by atoms with Gasteiger partial charge in [-0.05, 0) is 0 Å². The van der Waals surface area contributed by atoms with Crippen LogP contribution in [0.5, 0.6) is 0 Å². The van der Waals surface area contributed by atoms with Crippen molar-refractivity contribution in [1.82, 2.24) is 10.2 Å². The highest BCUT2D eigenvalue weighted by Gasteiger charge is 2.08. The molecule has 0 unspecified atom stereocenters. The van der Waals surface area contributed by atoms with E-state index >= 15 is 0 Å². The van der Waals surface area contributed by atoms with Gasteiger partial charge in [0.15, 0.2) is 0 Å². The topological polar surface area (TPSA) is 49.4 Å². The molecule has 4 nitrogen and oxygen atoms in total. The van der Waals surface area contributed by atoms with Crippen molar-refractivity contribution >= 4 is 12.4 Å². The summed E-state index contributed by atoms with van der Waals surface area (Å²) >= 11 is 0. The summed E-state index contributed by atoms with van der Waals surface area (Å²) in [5.74, 6) is 0. The van der Waals surface area contributed by atoms with Crippen molar-refractivity contribution in [3.8, 4) is 0 Å². The van der Waals surface area contributed by atoms with E-state index in [1.165, 1.54) is 11.3 Å². The second-order valence-electron chi connectivity index (χ2n) is 2.01. The van der Waals surface area contributed by atoms with Crippen LogP contribution in [0.15, 0.2) is 25.3 Å². The zero-order valence-electron chi connectivity index (χ0n) is 6.75. The Hall–Kier alpha value is -1.58. The van der Waals surface area contributed by atoms with Crippen LogP contribution in [-0.2, 0) is 4.79 Å². The predicted octanol–water partition coefficient (Wildman–Crippen LogP) is 0.437. The van der Waals surface area contributed by atoms with Gasteiger partial charge < -0.3 is 4.90 Å². The van der Waals surface area contributed by atoms with Crippen molar-refractivity contribution in [2.75, 3.05) is 13.1 Å². The molecule has 0 aliphatic heterocycles. The van der Waals surface area contributed by atoms with Crippen LogP contribution >= 0.6 is 0 Å². The molecular weight excluding hydrogens is 156 g/mol. The summed E-state index contributed by atoms with van der Waals surface area (Å²) in [6, 6.07) is -0.496. The van der Waals surface area contributed by atoms with Gasteiger partial charge >= 0.3 is 12.4 Å². The van der Waals surface area contributed by atoms with E-state index < -0.39 is 6.03 Å². The summed E-state index contributed by atoms with van der Waals surface area (Å²) in [5, 5.41) is 1.90. The number of nitrogens with zero attached hydrogens (tertiary/aromatic N) is 1. The first kappa shape index (κ1) is 10.4. The Morgan fingerprint density at radius 3 is 2.25 bits per heavy atom. The molecule has 0 spiro atoms. The molecule has 0 atom stereocenters. The van der Waals surface area contributed by atoms with Crippen LogP contribution in [0.1, 0.15) is 0 Å². The molecule has 4 heteroatoms. The van der Waals surface area contributed by atoms with Gasteiger partial charge in [-0.25, -0.2) is 4.79 Å². The number of nitrogens with one attached hydrogen (secondary N) is 1. The average molecular weight is 167 g/mol. The van der Waals surface area contributed by atoms with Crippen molar-refractivity contribution in [1.29, 1.82) is 0 Å². The Morgan fingerprint density at radius 2 is 1.92 bits per heavy atom. The number of rotatable bonds is 5. The van der Waals surface area contributed by atoms with Gasteiger partial charge in [0.25, 0.3) is 0 Å². The predicted molar refractivity (Wildman–Crippen MR) is 46.2 cm³/mol. The van der Waals surface area contributed by atoms with Crippen LogP contribution in [-0.4, -0.2) is 30.4 Å². The van der Waals surface area contributed by atoms with Crippen molar-refractivity contribution in [3.63, 3.8) is 0 Å². The maximum atomic E-state index is 11.0. The number of carbonyl (C=O) groups excluding carboxylic acids is 2. The summed E-state index contributed by atoms with van der Waals surface area (Å²) in [6.07, 6.45) is 4.43. The normalized spacial score (nSPS) is 8.33. The number of urea groups is 1. The van der Waals surface area contributed by atoms with E-state index in [1.807, 2.05) is 5.32 Å².